The number of carboxylic acid groups (broad SMARTS) is 3. The number of rotatable bonds is 18. The molecule has 0 bridgehead atoms. The number of hydrogen-bond acceptors (Lipinski definition) is 4. The van der Waals surface area contributed by atoms with Crippen LogP contribution in [0.25, 0.3) is 0 Å². The molecule has 0 aromatic heterocycles. The summed E-state index contributed by atoms with van der Waals surface area (Å²) < 4.78 is 0.176. The Hall–Kier alpha value is -1.89. The van der Waals surface area contributed by atoms with Crippen LogP contribution in [0.1, 0.15) is 72.6 Å². The van der Waals surface area contributed by atoms with Crippen LogP contribution in [-0.2, 0) is 14.4 Å². The van der Waals surface area contributed by atoms with Gasteiger partial charge in [0.25, 0.3) is 0 Å². The number of allylic oxidation sites excluding steroid dienone is 2. The number of carbonyl (C=O) groups is 3. The largest absolute Gasteiger partial charge is 0.550 e. The first-order valence-corrected chi connectivity index (χ1v) is 11.2. The Balaban J connectivity index is 5.14. The molecule has 0 aromatic carbocycles. The van der Waals surface area contributed by atoms with Gasteiger partial charge in [0.05, 0.1) is 26.2 Å². The van der Waals surface area contributed by atoms with Gasteiger partial charge in [0, 0.05) is 11.9 Å². The third kappa shape index (κ3) is 12.0. The molecule has 0 aliphatic rings. The highest BCUT2D eigenvalue weighted by atomic mass is 16.4. The highest BCUT2D eigenvalue weighted by Crippen LogP contribution is 2.22. The highest BCUT2D eigenvalue weighted by Gasteiger charge is 2.36. The number of carboxylic acids is 3. The smallest absolute Gasteiger partial charge is 0.311 e. The van der Waals surface area contributed by atoms with Gasteiger partial charge in [-0.1, -0.05) is 38.8 Å². The van der Waals surface area contributed by atoms with Gasteiger partial charge in [-0.3, -0.25) is 9.59 Å². The van der Waals surface area contributed by atoms with Crippen molar-refractivity contribution in [3.63, 3.8) is 0 Å². The molecule has 0 saturated carbocycles. The van der Waals surface area contributed by atoms with E-state index in [-0.39, 0.29) is 24.1 Å². The summed E-state index contributed by atoms with van der Waals surface area (Å²) in [6.07, 6.45) is 11.5. The number of quaternary nitrogens is 1. The van der Waals surface area contributed by atoms with E-state index in [4.69, 9.17) is 0 Å². The second-order valence-corrected chi connectivity index (χ2v) is 8.75. The van der Waals surface area contributed by atoms with Gasteiger partial charge in [-0.2, -0.15) is 0 Å². The van der Waals surface area contributed by atoms with Crippen molar-refractivity contribution in [2.45, 2.75) is 72.6 Å². The van der Waals surface area contributed by atoms with E-state index in [9.17, 15) is 29.7 Å². The minimum atomic E-state index is -1.19. The molecular weight excluding hydrogens is 386 g/mol. The minimum absolute atomic E-state index is 0.176. The molecule has 174 valence electrons. The van der Waals surface area contributed by atoms with Crippen LogP contribution in [0, 0.1) is 17.8 Å². The Morgan fingerprint density at radius 3 is 1.73 bits per heavy atom. The van der Waals surface area contributed by atoms with E-state index in [1.54, 1.807) is 20.8 Å². The van der Waals surface area contributed by atoms with Crippen LogP contribution in [0.3, 0.4) is 0 Å². The molecule has 0 fully saturated rings. The molecule has 7 heteroatoms. The van der Waals surface area contributed by atoms with Crippen molar-refractivity contribution in [3.8, 4) is 0 Å². The number of nitrogens with zero attached hydrogens (tertiary/aromatic N) is 1. The topological polar surface area (TPSA) is 115 Å². The van der Waals surface area contributed by atoms with Gasteiger partial charge in [-0.05, 0) is 46.0 Å². The molecule has 0 spiro atoms. The van der Waals surface area contributed by atoms with Crippen LogP contribution in [0.4, 0.5) is 0 Å². The summed E-state index contributed by atoms with van der Waals surface area (Å²) in [6, 6.07) is 0. The first-order valence-electron chi connectivity index (χ1n) is 11.2. The van der Waals surface area contributed by atoms with Crippen molar-refractivity contribution in [3.05, 3.63) is 12.2 Å². The minimum Gasteiger partial charge on any atom is -0.550 e. The van der Waals surface area contributed by atoms with Crippen molar-refractivity contribution in [2.24, 2.45) is 17.8 Å². The van der Waals surface area contributed by atoms with Crippen molar-refractivity contribution in [1.82, 2.24) is 0 Å². The van der Waals surface area contributed by atoms with Crippen LogP contribution >= 0.6 is 0 Å². The van der Waals surface area contributed by atoms with Crippen LogP contribution in [0.5, 0.6) is 0 Å². The lowest BCUT2D eigenvalue weighted by Crippen LogP contribution is -2.58. The van der Waals surface area contributed by atoms with Gasteiger partial charge in [-0.15, -0.1) is 0 Å². The Labute approximate surface area is 181 Å². The fourth-order valence-corrected chi connectivity index (χ4v) is 4.00. The summed E-state index contributed by atoms with van der Waals surface area (Å²) in [7, 11) is 0. The zero-order chi connectivity index (χ0) is 23.2. The van der Waals surface area contributed by atoms with Gasteiger partial charge in [0.2, 0.25) is 0 Å². The summed E-state index contributed by atoms with van der Waals surface area (Å²) in [5, 5.41) is 30.2. The molecule has 30 heavy (non-hydrogen) atoms. The fourth-order valence-electron chi connectivity index (χ4n) is 4.00. The van der Waals surface area contributed by atoms with Gasteiger partial charge in [0.15, 0.2) is 0 Å². The van der Waals surface area contributed by atoms with Crippen molar-refractivity contribution in [1.29, 1.82) is 0 Å². The van der Waals surface area contributed by atoms with Gasteiger partial charge >= 0.3 is 11.9 Å². The Morgan fingerprint density at radius 1 is 0.800 bits per heavy atom. The van der Waals surface area contributed by atoms with Crippen LogP contribution in [0.15, 0.2) is 12.2 Å². The summed E-state index contributed by atoms with van der Waals surface area (Å²) in [6.45, 7) is 8.02. The van der Waals surface area contributed by atoms with E-state index < -0.39 is 35.7 Å². The maximum Gasteiger partial charge on any atom is 0.311 e. The Kier molecular flexibility index (Phi) is 14.0. The molecular formula is C23H41NO6. The van der Waals surface area contributed by atoms with Crippen LogP contribution < -0.4 is 5.11 Å². The molecule has 3 atom stereocenters. The molecule has 0 heterocycles. The zero-order valence-corrected chi connectivity index (χ0v) is 19.1. The second-order valence-electron chi connectivity index (χ2n) is 8.75. The number of hydrogen-bond donors (Lipinski definition) is 2. The lowest BCUT2D eigenvalue weighted by molar-refractivity contribution is -0.934. The fraction of sp³-hybridized carbons (Fsp3) is 0.783. The maximum atomic E-state index is 11.5. The normalized spacial score (nSPS) is 16.7. The van der Waals surface area contributed by atoms with Crippen LogP contribution in [0.2, 0.25) is 0 Å². The Bertz CT molecular complexity index is 505. The van der Waals surface area contributed by atoms with E-state index in [1.165, 1.54) is 0 Å². The predicted molar refractivity (Wildman–Crippen MR) is 115 cm³/mol. The van der Waals surface area contributed by atoms with Crippen LogP contribution in [-0.4, -0.2) is 58.8 Å². The summed E-state index contributed by atoms with van der Waals surface area (Å²) in [5.74, 6) is -5.26. The van der Waals surface area contributed by atoms with E-state index in [1.807, 2.05) is 0 Å². The van der Waals surface area contributed by atoms with Crippen molar-refractivity contribution >= 4 is 17.9 Å². The van der Waals surface area contributed by atoms with E-state index in [0.29, 0.717) is 6.54 Å². The molecule has 0 aliphatic heterocycles. The molecule has 7 nitrogen and oxygen atoms in total. The number of unbranched alkanes of at least 4 members (excludes halogenated alkanes) is 5. The molecule has 3 unspecified atom stereocenters. The van der Waals surface area contributed by atoms with Gasteiger partial charge < -0.3 is 24.6 Å². The second kappa shape index (κ2) is 15.0. The van der Waals surface area contributed by atoms with Crippen molar-refractivity contribution < 1.29 is 34.2 Å². The molecule has 0 amide bonds. The lowest BCUT2D eigenvalue weighted by Gasteiger charge is -2.43. The Morgan fingerprint density at radius 2 is 1.27 bits per heavy atom. The molecule has 0 saturated heterocycles. The van der Waals surface area contributed by atoms with Gasteiger partial charge in [0.1, 0.15) is 11.8 Å². The molecule has 2 N–H and O–H groups in total. The maximum absolute atomic E-state index is 11.5. The first-order chi connectivity index (χ1) is 14.0. The average Bonchev–Trinajstić information content (AvgIpc) is 2.66. The average molecular weight is 428 g/mol. The van der Waals surface area contributed by atoms with Gasteiger partial charge in [-0.25, -0.2) is 0 Å². The first kappa shape index (κ1) is 28.1. The third-order valence-electron chi connectivity index (χ3n) is 5.63. The summed E-state index contributed by atoms with van der Waals surface area (Å²) in [4.78, 5) is 34.3. The summed E-state index contributed by atoms with van der Waals surface area (Å²) in [5.41, 5.74) is 0. The SMILES string of the molecule is CC/C=C/CCCCCCC[N+](CC(C)C(=O)[O-])(CC(C)C(=O)O)CC(C)C(=O)O. The quantitative estimate of drug-likeness (QED) is 0.197. The zero-order valence-electron chi connectivity index (χ0n) is 19.1. The standard InChI is InChI=1S/C23H41NO6/c1-5-6-7-8-9-10-11-12-13-14-24(15-18(2)21(25)26,16-19(3)22(27)28)17-20(4)23(29)30/h6-7,18-20H,5,8-17H2,1-4H3,(H2-,25,26,27,28,29,30)/b7-6+. The van der Waals surface area contributed by atoms with E-state index in [0.717, 1.165) is 44.9 Å². The predicted octanol–water partition coefficient (Wildman–Crippen LogP) is 2.94. The number of carbonyl (C=O) groups excluding carboxylic acids is 1. The lowest BCUT2D eigenvalue weighted by atomic mass is 10.0. The molecule has 0 radical (unpaired) electrons. The highest BCUT2D eigenvalue weighted by molar-refractivity contribution is 5.70. The summed E-state index contributed by atoms with van der Waals surface area (Å²) >= 11 is 0. The van der Waals surface area contributed by atoms with E-state index >= 15 is 0 Å². The molecule has 0 aromatic rings. The molecule has 0 aliphatic carbocycles. The van der Waals surface area contributed by atoms with Crippen molar-refractivity contribution in [2.75, 3.05) is 26.2 Å². The number of aliphatic carboxylic acids is 3. The van der Waals surface area contributed by atoms with E-state index in [2.05, 4.69) is 19.1 Å². The molecule has 0 rings (SSSR count). The third-order valence-corrected chi connectivity index (χ3v) is 5.63. The monoisotopic (exact) mass is 427 g/mol.